The number of hydrogen-bond acceptors (Lipinski definition) is 4. The van der Waals surface area contributed by atoms with Crippen LogP contribution in [0.5, 0.6) is 0 Å². The normalized spacial score (nSPS) is 10.6. The molecule has 0 fully saturated rings. The molecule has 1 heterocycles. The van der Waals surface area contributed by atoms with Gasteiger partial charge in [-0.05, 0) is 31.9 Å². The Labute approximate surface area is 148 Å². The molecule has 1 aromatic heterocycles. The van der Waals surface area contributed by atoms with Gasteiger partial charge in [0.25, 0.3) is 5.91 Å². The second-order valence-electron chi connectivity index (χ2n) is 5.07. The van der Waals surface area contributed by atoms with Crippen molar-refractivity contribution in [3.63, 3.8) is 0 Å². The van der Waals surface area contributed by atoms with Gasteiger partial charge in [-0.3, -0.25) is 9.59 Å². The van der Waals surface area contributed by atoms with Gasteiger partial charge in [-0.1, -0.05) is 29.3 Å². The lowest BCUT2D eigenvalue weighted by molar-refractivity contribution is -0.137. The summed E-state index contributed by atoms with van der Waals surface area (Å²) in [4.78, 5) is 26.6. The van der Waals surface area contributed by atoms with Gasteiger partial charge in [0, 0.05) is 13.0 Å². The first-order valence-corrected chi connectivity index (χ1v) is 8.03. The fourth-order valence-corrected chi connectivity index (χ4v) is 2.63. The summed E-state index contributed by atoms with van der Waals surface area (Å²) in [6, 6.07) is 5.06. The van der Waals surface area contributed by atoms with E-state index in [9.17, 15) is 9.59 Å². The van der Waals surface area contributed by atoms with Gasteiger partial charge in [-0.15, -0.1) is 5.10 Å². The fourth-order valence-electron chi connectivity index (χ4n) is 2.07. The average molecular weight is 371 g/mol. The van der Waals surface area contributed by atoms with Crippen LogP contribution in [0.3, 0.4) is 0 Å². The summed E-state index contributed by atoms with van der Waals surface area (Å²) in [5.74, 6) is -0.813. The van der Waals surface area contributed by atoms with Crippen LogP contribution >= 0.6 is 23.2 Å². The predicted octanol–water partition coefficient (Wildman–Crippen LogP) is 2.87. The lowest BCUT2D eigenvalue weighted by Gasteiger charge is -2.07. The van der Waals surface area contributed by atoms with Crippen LogP contribution < -0.4 is 5.32 Å². The van der Waals surface area contributed by atoms with Crippen LogP contribution in [0.15, 0.2) is 18.2 Å². The molecule has 0 atom stereocenters. The van der Waals surface area contributed by atoms with Gasteiger partial charge < -0.3 is 10.4 Å². The largest absolute Gasteiger partial charge is 0.481 e. The van der Waals surface area contributed by atoms with Crippen molar-refractivity contribution >= 4 is 35.1 Å². The number of benzene rings is 1. The zero-order chi connectivity index (χ0) is 17.7. The van der Waals surface area contributed by atoms with Crippen molar-refractivity contribution in [3.05, 3.63) is 39.9 Å². The Balaban J connectivity index is 2.06. The smallest absolute Gasteiger partial charge is 0.303 e. The molecule has 0 radical (unpaired) electrons. The second-order valence-corrected chi connectivity index (χ2v) is 5.89. The number of carbonyl (C=O) groups excluding carboxylic acids is 1. The maximum absolute atomic E-state index is 12.1. The maximum Gasteiger partial charge on any atom is 0.303 e. The number of hydrogen-bond donors (Lipinski definition) is 2. The monoisotopic (exact) mass is 370 g/mol. The molecule has 1 amide bonds. The highest BCUT2D eigenvalue weighted by Crippen LogP contribution is 2.28. The first-order valence-electron chi connectivity index (χ1n) is 7.28. The molecule has 24 heavy (non-hydrogen) atoms. The zero-order valence-electron chi connectivity index (χ0n) is 12.9. The summed E-state index contributed by atoms with van der Waals surface area (Å²) in [6.45, 7) is 2.04. The van der Waals surface area contributed by atoms with Crippen LogP contribution in [-0.4, -0.2) is 38.3 Å². The summed E-state index contributed by atoms with van der Waals surface area (Å²) < 4.78 is 1.42. The molecule has 0 aliphatic heterocycles. The maximum atomic E-state index is 12.1. The second kappa shape index (κ2) is 8.12. The number of amides is 1. The van der Waals surface area contributed by atoms with Crippen LogP contribution in [0.4, 0.5) is 0 Å². The van der Waals surface area contributed by atoms with Crippen LogP contribution in [0.25, 0.3) is 5.69 Å². The van der Waals surface area contributed by atoms with E-state index in [1.54, 1.807) is 25.1 Å². The van der Waals surface area contributed by atoms with E-state index in [0.29, 0.717) is 40.9 Å². The van der Waals surface area contributed by atoms with Gasteiger partial charge in [-0.2, -0.15) is 0 Å². The highest BCUT2D eigenvalue weighted by atomic mass is 35.5. The van der Waals surface area contributed by atoms with E-state index in [-0.39, 0.29) is 12.2 Å². The molecular weight excluding hydrogens is 355 g/mol. The molecule has 0 bridgehead atoms. The summed E-state index contributed by atoms with van der Waals surface area (Å²) in [5, 5.41) is 16.2. The number of nitrogens with one attached hydrogen (secondary N) is 1. The van der Waals surface area contributed by atoms with E-state index in [0.717, 1.165) is 0 Å². The van der Waals surface area contributed by atoms with Crippen molar-refractivity contribution in [3.8, 4) is 5.69 Å². The van der Waals surface area contributed by atoms with Gasteiger partial charge in [0.15, 0.2) is 0 Å². The third-order valence-corrected chi connectivity index (χ3v) is 3.83. The molecule has 7 nitrogen and oxygen atoms in total. The topological polar surface area (TPSA) is 97.1 Å². The molecule has 128 valence electrons. The number of aryl methyl sites for hydroxylation is 1. The average Bonchev–Trinajstić information content (AvgIpc) is 2.88. The van der Waals surface area contributed by atoms with Crippen molar-refractivity contribution in [2.45, 2.75) is 26.2 Å². The summed E-state index contributed by atoms with van der Waals surface area (Å²) in [5.41, 5.74) is 0.464. The van der Waals surface area contributed by atoms with Crippen LogP contribution in [0.2, 0.25) is 10.0 Å². The highest BCUT2D eigenvalue weighted by molar-refractivity contribution is 6.37. The number of rotatable bonds is 7. The first-order chi connectivity index (χ1) is 11.4. The van der Waals surface area contributed by atoms with Gasteiger partial charge in [-0.25, -0.2) is 9.67 Å². The number of nitrogens with zero attached hydrogens (tertiary/aromatic N) is 3. The molecule has 0 aliphatic rings. The number of para-hydroxylation sites is 1. The van der Waals surface area contributed by atoms with Gasteiger partial charge >= 0.3 is 5.97 Å². The van der Waals surface area contributed by atoms with Crippen molar-refractivity contribution in [1.29, 1.82) is 0 Å². The molecule has 1 aromatic carbocycles. The molecule has 0 saturated heterocycles. The van der Waals surface area contributed by atoms with E-state index in [2.05, 4.69) is 15.4 Å². The fraction of sp³-hybridized carbons (Fsp3) is 0.333. The highest BCUT2D eigenvalue weighted by Gasteiger charge is 2.18. The van der Waals surface area contributed by atoms with Gasteiger partial charge in [0.2, 0.25) is 5.82 Å². The number of carboxylic acid groups (broad SMARTS) is 1. The Kier molecular flexibility index (Phi) is 6.16. The van der Waals surface area contributed by atoms with Crippen molar-refractivity contribution in [1.82, 2.24) is 20.1 Å². The summed E-state index contributed by atoms with van der Waals surface area (Å²) in [6.07, 6.45) is 1.13. The van der Waals surface area contributed by atoms with Crippen LogP contribution in [0.1, 0.15) is 35.7 Å². The Morgan fingerprint density at radius 2 is 1.92 bits per heavy atom. The Morgan fingerprint density at radius 1 is 1.25 bits per heavy atom. The SMILES string of the molecule is Cc1nc(C(=O)NCCCCC(=O)O)nn1-c1c(Cl)cccc1Cl. The van der Waals surface area contributed by atoms with Crippen molar-refractivity contribution < 1.29 is 14.7 Å². The zero-order valence-corrected chi connectivity index (χ0v) is 14.4. The lowest BCUT2D eigenvalue weighted by Crippen LogP contribution is -2.25. The predicted molar refractivity (Wildman–Crippen MR) is 89.9 cm³/mol. The number of halogens is 2. The molecule has 2 N–H and O–H groups in total. The molecule has 0 unspecified atom stereocenters. The molecule has 0 saturated carbocycles. The lowest BCUT2D eigenvalue weighted by atomic mass is 10.2. The number of carboxylic acids is 1. The Hall–Kier alpha value is -2.12. The Morgan fingerprint density at radius 3 is 2.54 bits per heavy atom. The molecule has 9 heteroatoms. The summed E-state index contributed by atoms with van der Waals surface area (Å²) in [7, 11) is 0. The molecule has 2 aromatic rings. The van der Waals surface area contributed by atoms with E-state index >= 15 is 0 Å². The van der Waals surface area contributed by atoms with E-state index in [1.165, 1.54) is 4.68 Å². The van der Waals surface area contributed by atoms with Crippen molar-refractivity contribution in [2.75, 3.05) is 6.54 Å². The third-order valence-electron chi connectivity index (χ3n) is 3.22. The van der Waals surface area contributed by atoms with E-state index < -0.39 is 11.9 Å². The molecule has 2 rings (SSSR count). The van der Waals surface area contributed by atoms with E-state index in [1.807, 2.05) is 0 Å². The minimum absolute atomic E-state index is 0.00159. The number of unbranched alkanes of at least 4 members (excludes halogenated alkanes) is 1. The minimum Gasteiger partial charge on any atom is -0.481 e. The van der Waals surface area contributed by atoms with Crippen molar-refractivity contribution in [2.24, 2.45) is 0 Å². The minimum atomic E-state index is -0.853. The van der Waals surface area contributed by atoms with E-state index in [4.69, 9.17) is 28.3 Å². The van der Waals surface area contributed by atoms with Gasteiger partial charge in [0.1, 0.15) is 11.5 Å². The van der Waals surface area contributed by atoms with Crippen LogP contribution in [0, 0.1) is 6.92 Å². The number of aromatic nitrogens is 3. The Bertz CT molecular complexity index is 741. The number of aliphatic carboxylic acids is 1. The first kappa shape index (κ1) is 18.2. The van der Waals surface area contributed by atoms with Crippen LogP contribution in [-0.2, 0) is 4.79 Å². The quantitative estimate of drug-likeness (QED) is 0.730. The molecular formula is C15H16Cl2N4O3. The third kappa shape index (κ3) is 4.46. The molecule has 0 spiro atoms. The number of carbonyl (C=O) groups is 2. The standard InChI is InChI=1S/C15H16Cl2N4O3/c1-9-19-14(15(24)18-8-3-2-7-12(22)23)20-21(9)13-10(16)5-4-6-11(13)17/h4-6H,2-3,7-8H2,1H3,(H,18,24)(H,22,23). The molecule has 0 aliphatic carbocycles. The summed E-state index contributed by atoms with van der Waals surface area (Å²) >= 11 is 12.3. The van der Waals surface area contributed by atoms with Gasteiger partial charge in [0.05, 0.1) is 10.0 Å².